The van der Waals surface area contributed by atoms with E-state index in [1.165, 1.54) is 0 Å². The van der Waals surface area contributed by atoms with E-state index in [1.54, 1.807) is 7.11 Å². The molecule has 3 N–H and O–H groups in total. The van der Waals surface area contributed by atoms with Crippen LogP contribution in [0.1, 0.15) is 44.7 Å². The van der Waals surface area contributed by atoms with Crippen molar-refractivity contribution in [3.05, 3.63) is 34.9 Å². The standard InChI is InChI=1S/C17H27ClN2O2/c1-12(2)4-9-16(13-5-7-14(18)8-6-13)20-17(21)10-15(11-19)22-3/h5-8,12,15-16H,4,9-11,19H2,1-3H3,(H,20,21). The third-order valence-corrected chi connectivity index (χ3v) is 3.90. The van der Waals surface area contributed by atoms with E-state index in [1.807, 2.05) is 24.3 Å². The topological polar surface area (TPSA) is 64.3 Å². The van der Waals surface area contributed by atoms with Crippen molar-refractivity contribution in [1.29, 1.82) is 0 Å². The second kappa shape index (κ2) is 9.82. The molecule has 2 atom stereocenters. The Balaban J connectivity index is 2.73. The van der Waals surface area contributed by atoms with Crippen LogP contribution in [-0.4, -0.2) is 25.7 Å². The van der Waals surface area contributed by atoms with Gasteiger partial charge in [0.05, 0.1) is 18.6 Å². The zero-order chi connectivity index (χ0) is 16.5. The normalized spacial score (nSPS) is 13.9. The second-order valence-electron chi connectivity index (χ2n) is 5.94. The van der Waals surface area contributed by atoms with Gasteiger partial charge in [-0.15, -0.1) is 0 Å². The average molecular weight is 327 g/mol. The van der Waals surface area contributed by atoms with Crippen molar-refractivity contribution < 1.29 is 9.53 Å². The van der Waals surface area contributed by atoms with Gasteiger partial charge >= 0.3 is 0 Å². The Bertz CT molecular complexity index is 444. The highest BCUT2D eigenvalue weighted by atomic mass is 35.5. The molecule has 0 saturated carbocycles. The minimum Gasteiger partial charge on any atom is -0.380 e. The Kier molecular flexibility index (Phi) is 8.46. The summed E-state index contributed by atoms with van der Waals surface area (Å²) in [6.07, 6.45) is 1.97. The molecule has 1 rings (SSSR count). The molecule has 0 spiro atoms. The molecular formula is C17H27ClN2O2. The van der Waals surface area contributed by atoms with Gasteiger partial charge in [-0.2, -0.15) is 0 Å². The van der Waals surface area contributed by atoms with Crippen LogP contribution in [0.4, 0.5) is 0 Å². The molecule has 0 aliphatic carbocycles. The third kappa shape index (κ3) is 6.77. The molecule has 5 heteroatoms. The summed E-state index contributed by atoms with van der Waals surface area (Å²) in [6.45, 7) is 4.69. The van der Waals surface area contributed by atoms with Crippen molar-refractivity contribution in [2.75, 3.05) is 13.7 Å². The number of carbonyl (C=O) groups excluding carboxylic acids is 1. The lowest BCUT2D eigenvalue weighted by Crippen LogP contribution is -2.34. The fraction of sp³-hybridized carbons (Fsp3) is 0.588. The molecule has 1 amide bonds. The summed E-state index contributed by atoms with van der Waals surface area (Å²) in [5.41, 5.74) is 6.64. The fourth-order valence-corrected chi connectivity index (χ4v) is 2.37. The molecule has 0 aromatic heterocycles. The maximum Gasteiger partial charge on any atom is 0.223 e. The first-order valence-corrected chi connectivity index (χ1v) is 8.11. The molecule has 124 valence electrons. The van der Waals surface area contributed by atoms with E-state index in [-0.39, 0.29) is 24.5 Å². The summed E-state index contributed by atoms with van der Waals surface area (Å²) < 4.78 is 5.17. The minimum atomic E-state index is -0.240. The summed E-state index contributed by atoms with van der Waals surface area (Å²) in [7, 11) is 1.57. The Hall–Kier alpha value is -1.10. The quantitative estimate of drug-likeness (QED) is 0.731. The zero-order valence-electron chi connectivity index (χ0n) is 13.6. The van der Waals surface area contributed by atoms with Gasteiger partial charge in [0.15, 0.2) is 0 Å². The van der Waals surface area contributed by atoms with Crippen LogP contribution in [0.2, 0.25) is 5.02 Å². The predicted octanol–water partition coefficient (Wildman–Crippen LogP) is 3.30. The number of amides is 1. The van der Waals surface area contributed by atoms with E-state index in [4.69, 9.17) is 22.1 Å². The lowest BCUT2D eigenvalue weighted by molar-refractivity contribution is -0.124. The molecule has 0 aliphatic rings. The van der Waals surface area contributed by atoms with Crippen molar-refractivity contribution in [3.63, 3.8) is 0 Å². The van der Waals surface area contributed by atoms with Crippen LogP contribution >= 0.6 is 11.6 Å². The highest BCUT2D eigenvalue weighted by molar-refractivity contribution is 6.30. The maximum absolute atomic E-state index is 12.2. The number of nitrogens with one attached hydrogen (secondary N) is 1. The van der Waals surface area contributed by atoms with Gasteiger partial charge in [0.2, 0.25) is 5.91 Å². The van der Waals surface area contributed by atoms with Crippen LogP contribution in [-0.2, 0) is 9.53 Å². The van der Waals surface area contributed by atoms with Crippen molar-refractivity contribution >= 4 is 17.5 Å². The molecule has 0 saturated heterocycles. The predicted molar refractivity (Wildman–Crippen MR) is 90.9 cm³/mol. The molecule has 2 unspecified atom stereocenters. The van der Waals surface area contributed by atoms with Gasteiger partial charge in [0.25, 0.3) is 0 Å². The van der Waals surface area contributed by atoms with Gasteiger partial charge < -0.3 is 15.8 Å². The molecule has 22 heavy (non-hydrogen) atoms. The average Bonchev–Trinajstić information content (AvgIpc) is 2.49. The van der Waals surface area contributed by atoms with Crippen LogP contribution in [0.5, 0.6) is 0 Å². The van der Waals surface area contributed by atoms with Gasteiger partial charge in [0, 0.05) is 18.7 Å². The molecule has 0 bridgehead atoms. The van der Waals surface area contributed by atoms with Crippen molar-refractivity contribution in [2.45, 2.75) is 45.3 Å². The smallest absolute Gasteiger partial charge is 0.223 e. The Labute approximate surface area is 138 Å². The first-order chi connectivity index (χ1) is 10.5. The lowest BCUT2D eigenvalue weighted by Gasteiger charge is -2.22. The highest BCUT2D eigenvalue weighted by Crippen LogP contribution is 2.23. The monoisotopic (exact) mass is 326 g/mol. The summed E-state index contributed by atoms with van der Waals surface area (Å²) in [5.74, 6) is 0.545. The van der Waals surface area contributed by atoms with Crippen molar-refractivity contribution in [1.82, 2.24) is 5.32 Å². The van der Waals surface area contributed by atoms with E-state index < -0.39 is 0 Å². The van der Waals surface area contributed by atoms with Crippen molar-refractivity contribution in [2.24, 2.45) is 11.7 Å². The highest BCUT2D eigenvalue weighted by Gasteiger charge is 2.18. The number of halogens is 1. The number of nitrogens with two attached hydrogens (primary N) is 1. The van der Waals surface area contributed by atoms with Gasteiger partial charge in [0.1, 0.15) is 0 Å². The Morgan fingerprint density at radius 2 is 1.91 bits per heavy atom. The molecule has 0 heterocycles. The minimum absolute atomic E-state index is 0.0116. The summed E-state index contributed by atoms with van der Waals surface area (Å²) in [4.78, 5) is 12.2. The molecule has 1 aromatic rings. The number of methoxy groups -OCH3 is 1. The molecular weight excluding hydrogens is 300 g/mol. The van der Waals surface area contributed by atoms with E-state index >= 15 is 0 Å². The first-order valence-electron chi connectivity index (χ1n) is 7.74. The third-order valence-electron chi connectivity index (χ3n) is 3.65. The molecule has 0 fully saturated rings. The first kappa shape index (κ1) is 18.9. The van der Waals surface area contributed by atoms with Gasteiger partial charge in [-0.25, -0.2) is 0 Å². The van der Waals surface area contributed by atoms with Crippen molar-refractivity contribution in [3.8, 4) is 0 Å². The number of rotatable bonds is 9. The molecule has 0 radical (unpaired) electrons. The zero-order valence-corrected chi connectivity index (χ0v) is 14.4. The number of carbonyl (C=O) groups is 1. The molecule has 0 aliphatic heterocycles. The fourth-order valence-electron chi connectivity index (χ4n) is 2.24. The number of ether oxygens (including phenoxy) is 1. The van der Waals surface area contributed by atoms with E-state index in [0.717, 1.165) is 18.4 Å². The number of benzene rings is 1. The molecule has 1 aromatic carbocycles. The van der Waals surface area contributed by atoms with Gasteiger partial charge in [-0.05, 0) is 36.5 Å². The Morgan fingerprint density at radius 3 is 2.41 bits per heavy atom. The molecule has 4 nitrogen and oxygen atoms in total. The van der Waals surface area contributed by atoms with Crippen LogP contribution in [0.3, 0.4) is 0 Å². The SMILES string of the molecule is COC(CN)CC(=O)NC(CCC(C)C)c1ccc(Cl)cc1. The summed E-state index contributed by atoms with van der Waals surface area (Å²) >= 11 is 5.94. The van der Waals surface area contributed by atoms with E-state index in [0.29, 0.717) is 17.5 Å². The van der Waals surface area contributed by atoms with Crippen LogP contribution < -0.4 is 11.1 Å². The number of hydrogen-bond donors (Lipinski definition) is 2. The van der Waals surface area contributed by atoms with Crippen LogP contribution in [0, 0.1) is 5.92 Å². The van der Waals surface area contributed by atoms with Gasteiger partial charge in [-0.1, -0.05) is 37.6 Å². The van der Waals surface area contributed by atoms with Gasteiger partial charge in [-0.3, -0.25) is 4.79 Å². The van der Waals surface area contributed by atoms with Crippen LogP contribution in [0.25, 0.3) is 0 Å². The van der Waals surface area contributed by atoms with E-state index in [9.17, 15) is 4.79 Å². The number of hydrogen-bond acceptors (Lipinski definition) is 3. The maximum atomic E-state index is 12.2. The van der Waals surface area contributed by atoms with E-state index in [2.05, 4.69) is 19.2 Å². The van der Waals surface area contributed by atoms with Crippen LogP contribution in [0.15, 0.2) is 24.3 Å². The summed E-state index contributed by atoms with van der Waals surface area (Å²) in [6, 6.07) is 7.61. The largest absolute Gasteiger partial charge is 0.380 e. The Morgan fingerprint density at radius 1 is 1.27 bits per heavy atom. The summed E-state index contributed by atoms with van der Waals surface area (Å²) in [5, 5.41) is 3.78. The lowest BCUT2D eigenvalue weighted by atomic mass is 9.97. The second-order valence-corrected chi connectivity index (χ2v) is 6.38.